The number of nitrogens with one attached hydrogen (secondary N) is 1. The lowest BCUT2D eigenvalue weighted by Crippen LogP contribution is -2.12. The lowest BCUT2D eigenvalue weighted by Gasteiger charge is -2.11. The summed E-state index contributed by atoms with van der Waals surface area (Å²) in [5.41, 5.74) is 3.68. The van der Waals surface area contributed by atoms with Gasteiger partial charge in [-0.05, 0) is 43.5 Å². The fourth-order valence-corrected chi connectivity index (χ4v) is 3.15. The fourth-order valence-electron chi connectivity index (χ4n) is 2.67. The molecular formula is C19H16BrNO. The van der Waals surface area contributed by atoms with Crippen LogP contribution in [0.3, 0.4) is 0 Å². The van der Waals surface area contributed by atoms with E-state index >= 15 is 0 Å². The third-order valence-electron chi connectivity index (χ3n) is 3.60. The van der Waals surface area contributed by atoms with E-state index in [9.17, 15) is 4.79 Å². The number of benzene rings is 3. The van der Waals surface area contributed by atoms with Gasteiger partial charge in [0.2, 0.25) is 0 Å². The Balaban J connectivity index is 1.99. The minimum atomic E-state index is -0.0840. The predicted molar refractivity (Wildman–Crippen MR) is 95.5 cm³/mol. The summed E-state index contributed by atoms with van der Waals surface area (Å²) < 4.78 is 1.02. The van der Waals surface area contributed by atoms with Gasteiger partial charge < -0.3 is 5.32 Å². The molecular weight excluding hydrogens is 338 g/mol. The summed E-state index contributed by atoms with van der Waals surface area (Å²) in [5, 5.41) is 5.13. The number of halogens is 1. The summed E-state index contributed by atoms with van der Waals surface area (Å²) in [7, 11) is 0. The highest BCUT2D eigenvalue weighted by atomic mass is 79.9. The first-order chi connectivity index (χ1) is 10.5. The van der Waals surface area contributed by atoms with Crippen molar-refractivity contribution in [3.8, 4) is 0 Å². The van der Waals surface area contributed by atoms with Crippen LogP contribution in [-0.2, 0) is 0 Å². The molecule has 3 aromatic carbocycles. The van der Waals surface area contributed by atoms with Crippen molar-refractivity contribution in [2.24, 2.45) is 0 Å². The monoisotopic (exact) mass is 353 g/mol. The molecule has 0 atom stereocenters. The van der Waals surface area contributed by atoms with E-state index in [1.54, 1.807) is 0 Å². The summed E-state index contributed by atoms with van der Waals surface area (Å²) in [4.78, 5) is 12.5. The van der Waals surface area contributed by atoms with E-state index < -0.39 is 0 Å². The van der Waals surface area contributed by atoms with Crippen molar-refractivity contribution >= 4 is 38.3 Å². The zero-order valence-electron chi connectivity index (χ0n) is 12.5. The number of hydrogen-bond acceptors (Lipinski definition) is 1. The van der Waals surface area contributed by atoms with Crippen LogP contribution in [0.5, 0.6) is 0 Å². The largest absolute Gasteiger partial charge is 0.321 e. The van der Waals surface area contributed by atoms with Crippen LogP contribution in [0.2, 0.25) is 0 Å². The molecule has 2 nitrogen and oxygen atoms in total. The lowest BCUT2D eigenvalue weighted by molar-refractivity contribution is 0.102. The van der Waals surface area contributed by atoms with Crippen molar-refractivity contribution in [3.05, 3.63) is 75.8 Å². The zero-order valence-corrected chi connectivity index (χ0v) is 14.1. The minimum Gasteiger partial charge on any atom is -0.321 e. The average molecular weight is 354 g/mol. The summed E-state index contributed by atoms with van der Waals surface area (Å²) in [6, 6.07) is 17.8. The van der Waals surface area contributed by atoms with E-state index in [0.29, 0.717) is 5.56 Å². The normalized spacial score (nSPS) is 10.7. The SMILES string of the molecule is Cc1cc(C)cc(C(=O)Nc2ccc(Br)c3ccccc23)c1. The molecule has 1 N–H and O–H groups in total. The zero-order chi connectivity index (χ0) is 15.7. The number of hydrogen-bond donors (Lipinski definition) is 1. The van der Waals surface area contributed by atoms with Gasteiger partial charge in [0, 0.05) is 21.1 Å². The number of carbonyl (C=O) groups is 1. The quantitative estimate of drug-likeness (QED) is 0.649. The van der Waals surface area contributed by atoms with Crippen molar-refractivity contribution in [3.63, 3.8) is 0 Å². The predicted octanol–water partition coefficient (Wildman–Crippen LogP) is 5.47. The molecule has 3 rings (SSSR count). The van der Waals surface area contributed by atoms with Gasteiger partial charge in [-0.25, -0.2) is 0 Å². The molecule has 0 saturated carbocycles. The maximum Gasteiger partial charge on any atom is 0.255 e. The number of rotatable bonds is 2. The van der Waals surface area contributed by atoms with Gasteiger partial charge in [-0.2, -0.15) is 0 Å². The molecule has 0 spiro atoms. The number of amides is 1. The highest BCUT2D eigenvalue weighted by Crippen LogP contribution is 2.30. The first-order valence-corrected chi connectivity index (χ1v) is 7.91. The van der Waals surface area contributed by atoms with Gasteiger partial charge in [-0.15, -0.1) is 0 Å². The molecule has 0 aliphatic carbocycles. The van der Waals surface area contributed by atoms with Crippen molar-refractivity contribution in [2.75, 3.05) is 5.32 Å². The molecule has 0 radical (unpaired) electrons. The van der Waals surface area contributed by atoms with E-state index in [1.165, 1.54) is 0 Å². The van der Waals surface area contributed by atoms with Gasteiger partial charge in [0.15, 0.2) is 0 Å². The van der Waals surface area contributed by atoms with E-state index in [2.05, 4.69) is 27.3 Å². The molecule has 110 valence electrons. The Labute approximate surface area is 138 Å². The highest BCUT2D eigenvalue weighted by molar-refractivity contribution is 9.10. The topological polar surface area (TPSA) is 29.1 Å². The molecule has 0 unspecified atom stereocenters. The van der Waals surface area contributed by atoms with E-state index in [-0.39, 0.29) is 5.91 Å². The van der Waals surface area contributed by atoms with Crippen molar-refractivity contribution in [2.45, 2.75) is 13.8 Å². The van der Waals surface area contributed by atoms with Crippen LogP contribution in [0.15, 0.2) is 59.1 Å². The van der Waals surface area contributed by atoms with E-state index in [1.807, 2.05) is 62.4 Å². The summed E-state index contributed by atoms with van der Waals surface area (Å²) in [6.07, 6.45) is 0. The Morgan fingerprint density at radius 2 is 1.55 bits per heavy atom. The standard InChI is InChI=1S/C19H16BrNO/c1-12-9-13(2)11-14(10-12)19(22)21-18-8-7-17(20)15-5-3-4-6-16(15)18/h3-11H,1-2H3,(H,21,22). The summed E-state index contributed by atoms with van der Waals surface area (Å²) in [5.74, 6) is -0.0840. The Morgan fingerprint density at radius 3 is 2.23 bits per heavy atom. The van der Waals surface area contributed by atoms with Crippen molar-refractivity contribution in [1.82, 2.24) is 0 Å². The number of fused-ring (bicyclic) bond motifs is 1. The Morgan fingerprint density at radius 1 is 0.909 bits per heavy atom. The van der Waals surface area contributed by atoms with Crippen molar-refractivity contribution < 1.29 is 4.79 Å². The third-order valence-corrected chi connectivity index (χ3v) is 4.29. The molecule has 22 heavy (non-hydrogen) atoms. The van der Waals surface area contributed by atoms with Crippen LogP contribution in [0, 0.1) is 13.8 Å². The maximum atomic E-state index is 12.5. The summed E-state index contributed by atoms with van der Waals surface area (Å²) in [6.45, 7) is 4.00. The molecule has 0 aromatic heterocycles. The second kappa shape index (κ2) is 5.93. The maximum absolute atomic E-state index is 12.5. The molecule has 0 fully saturated rings. The van der Waals surface area contributed by atoms with Gasteiger partial charge in [-0.1, -0.05) is 57.4 Å². The molecule has 0 aliphatic heterocycles. The minimum absolute atomic E-state index is 0.0840. The van der Waals surface area contributed by atoms with Gasteiger partial charge in [0.05, 0.1) is 0 Å². The van der Waals surface area contributed by atoms with Crippen LogP contribution >= 0.6 is 15.9 Å². The fraction of sp³-hybridized carbons (Fsp3) is 0.105. The third kappa shape index (κ3) is 2.90. The van der Waals surface area contributed by atoms with E-state index in [0.717, 1.165) is 32.1 Å². The first-order valence-electron chi connectivity index (χ1n) is 7.11. The van der Waals surface area contributed by atoms with Crippen LogP contribution < -0.4 is 5.32 Å². The van der Waals surface area contributed by atoms with Crippen molar-refractivity contribution in [1.29, 1.82) is 0 Å². The summed E-state index contributed by atoms with van der Waals surface area (Å²) >= 11 is 3.55. The van der Waals surface area contributed by atoms with Crippen LogP contribution in [-0.4, -0.2) is 5.91 Å². The molecule has 0 heterocycles. The molecule has 0 bridgehead atoms. The number of carbonyl (C=O) groups excluding carboxylic acids is 1. The molecule has 3 heteroatoms. The first kappa shape index (κ1) is 14.8. The van der Waals surface area contributed by atoms with Crippen LogP contribution in [0.25, 0.3) is 10.8 Å². The Kier molecular flexibility index (Phi) is 3.99. The van der Waals surface area contributed by atoms with E-state index in [4.69, 9.17) is 0 Å². The number of aryl methyl sites for hydroxylation is 2. The number of anilines is 1. The molecule has 3 aromatic rings. The Hall–Kier alpha value is -2.13. The molecule has 0 saturated heterocycles. The second-order valence-corrected chi connectivity index (χ2v) is 6.33. The van der Waals surface area contributed by atoms with Crippen LogP contribution in [0.1, 0.15) is 21.5 Å². The molecule has 0 aliphatic rings. The van der Waals surface area contributed by atoms with Gasteiger partial charge >= 0.3 is 0 Å². The smallest absolute Gasteiger partial charge is 0.255 e. The molecule has 1 amide bonds. The van der Waals surface area contributed by atoms with Gasteiger partial charge in [-0.3, -0.25) is 4.79 Å². The Bertz CT molecular complexity index is 850. The highest BCUT2D eigenvalue weighted by Gasteiger charge is 2.10. The lowest BCUT2D eigenvalue weighted by atomic mass is 10.1. The second-order valence-electron chi connectivity index (χ2n) is 5.47. The van der Waals surface area contributed by atoms with Gasteiger partial charge in [0.25, 0.3) is 5.91 Å². The average Bonchev–Trinajstić information content (AvgIpc) is 2.49. The van der Waals surface area contributed by atoms with Gasteiger partial charge in [0.1, 0.15) is 0 Å². The van der Waals surface area contributed by atoms with Crippen LogP contribution in [0.4, 0.5) is 5.69 Å².